The summed E-state index contributed by atoms with van der Waals surface area (Å²) >= 11 is 7.94. The number of fused-ring (bicyclic) bond motifs is 1. The van der Waals surface area contributed by atoms with Crippen LogP contribution < -0.4 is 5.32 Å². The summed E-state index contributed by atoms with van der Waals surface area (Å²) in [6, 6.07) is 11.9. The lowest BCUT2D eigenvalue weighted by Crippen LogP contribution is -2.31. The second-order valence-electron chi connectivity index (χ2n) is 5.66. The lowest BCUT2D eigenvalue weighted by atomic mass is 10.0. The van der Waals surface area contributed by atoms with Crippen LogP contribution in [0.3, 0.4) is 0 Å². The molecule has 0 saturated heterocycles. The molecule has 4 heteroatoms. The molecule has 2 aromatic carbocycles. The third-order valence-corrected chi connectivity index (χ3v) is 5.30. The van der Waals surface area contributed by atoms with E-state index < -0.39 is 0 Å². The summed E-state index contributed by atoms with van der Waals surface area (Å²) in [6.45, 7) is 4.01. The molecule has 0 spiro atoms. The Balaban J connectivity index is 1.85. The maximum absolute atomic E-state index is 12.6. The lowest BCUT2D eigenvalue weighted by molar-refractivity contribution is 0.0934. The molecule has 1 heterocycles. The van der Waals surface area contributed by atoms with Gasteiger partial charge in [-0.1, -0.05) is 29.3 Å². The molecular formula is C18H18ClNOS. The van der Waals surface area contributed by atoms with Crippen molar-refractivity contribution in [3.63, 3.8) is 0 Å². The van der Waals surface area contributed by atoms with Gasteiger partial charge in [0.05, 0.1) is 6.04 Å². The third kappa shape index (κ3) is 3.16. The fraction of sp³-hybridized carbons (Fsp3) is 0.278. The van der Waals surface area contributed by atoms with E-state index in [0.29, 0.717) is 5.02 Å². The van der Waals surface area contributed by atoms with E-state index in [1.165, 1.54) is 10.5 Å². The highest BCUT2D eigenvalue weighted by Crippen LogP contribution is 2.37. The molecule has 1 unspecified atom stereocenters. The quantitative estimate of drug-likeness (QED) is 0.846. The number of nitrogens with one attached hydrogen (secondary N) is 1. The standard InChI is InChI=1S/C18H18ClNOS/c1-11-3-5-14(12(2)9-11)18(21)20-16-7-8-22-17-6-4-13(19)10-15(16)17/h3-6,9-10,16H,7-8H2,1-2H3,(H,20,21). The van der Waals surface area contributed by atoms with Crippen LogP contribution in [0, 0.1) is 13.8 Å². The van der Waals surface area contributed by atoms with Crippen molar-refractivity contribution in [3.05, 3.63) is 63.7 Å². The van der Waals surface area contributed by atoms with Crippen molar-refractivity contribution in [3.8, 4) is 0 Å². The van der Waals surface area contributed by atoms with Crippen LogP contribution in [0.5, 0.6) is 0 Å². The van der Waals surface area contributed by atoms with Crippen molar-refractivity contribution < 1.29 is 4.79 Å². The number of halogens is 1. The molecule has 0 fully saturated rings. The maximum atomic E-state index is 12.6. The first-order valence-corrected chi connectivity index (χ1v) is 8.71. The minimum atomic E-state index is -0.0136. The minimum Gasteiger partial charge on any atom is -0.345 e. The van der Waals surface area contributed by atoms with Gasteiger partial charge in [-0.3, -0.25) is 4.79 Å². The molecule has 0 bridgehead atoms. The van der Waals surface area contributed by atoms with Crippen LogP contribution in [0.2, 0.25) is 5.02 Å². The van der Waals surface area contributed by atoms with Gasteiger partial charge in [0.15, 0.2) is 0 Å². The summed E-state index contributed by atoms with van der Waals surface area (Å²) in [5.41, 5.74) is 4.04. The summed E-state index contributed by atoms with van der Waals surface area (Å²) in [5.74, 6) is 0.993. The van der Waals surface area contributed by atoms with Gasteiger partial charge >= 0.3 is 0 Å². The first-order chi connectivity index (χ1) is 10.5. The van der Waals surface area contributed by atoms with Gasteiger partial charge in [0.1, 0.15) is 0 Å². The van der Waals surface area contributed by atoms with Gasteiger partial charge in [0.25, 0.3) is 5.91 Å². The number of hydrogen-bond acceptors (Lipinski definition) is 2. The topological polar surface area (TPSA) is 29.1 Å². The van der Waals surface area contributed by atoms with Crippen molar-refractivity contribution in [2.75, 3.05) is 5.75 Å². The fourth-order valence-electron chi connectivity index (χ4n) is 2.82. The Kier molecular flexibility index (Phi) is 4.46. The zero-order valence-electron chi connectivity index (χ0n) is 12.7. The summed E-state index contributed by atoms with van der Waals surface area (Å²) in [6.07, 6.45) is 0.925. The van der Waals surface area contributed by atoms with Gasteiger partial charge in [-0.05, 0) is 55.7 Å². The normalized spacial score (nSPS) is 17.0. The molecule has 1 N–H and O–H groups in total. The van der Waals surface area contributed by atoms with Crippen LogP contribution in [0.15, 0.2) is 41.3 Å². The number of aryl methyl sites for hydroxylation is 2. The maximum Gasteiger partial charge on any atom is 0.252 e. The van der Waals surface area contributed by atoms with Gasteiger partial charge in [0, 0.05) is 21.2 Å². The predicted molar refractivity (Wildman–Crippen MR) is 92.9 cm³/mol. The van der Waals surface area contributed by atoms with Crippen LogP contribution in [0.4, 0.5) is 0 Å². The van der Waals surface area contributed by atoms with Crippen LogP contribution >= 0.6 is 23.4 Å². The highest BCUT2D eigenvalue weighted by Gasteiger charge is 2.23. The molecule has 1 amide bonds. The van der Waals surface area contributed by atoms with Gasteiger partial charge in [-0.25, -0.2) is 0 Å². The van der Waals surface area contributed by atoms with Crippen LogP contribution in [0.1, 0.15) is 39.5 Å². The van der Waals surface area contributed by atoms with E-state index in [4.69, 9.17) is 11.6 Å². The number of thioether (sulfide) groups is 1. The van der Waals surface area contributed by atoms with Crippen LogP contribution in [0.25, 0.3) is 0 Å². The van der Waals surface area contributed by atoms with E-state index in [-0.39, 0.29) is 11.9 Å². The number of hydrogen-bond donors (Lipinski definition) is 1. The van der Waals surface area contributed by atoms with E-state index >= 15 is 0 Å². The molecule has 3 rings (SSSR count). The number of carbonyl (C=O) groups is 1. The average molecular weight is 332 g/mol. The Labute approximate surface area is 140 Å². The summed E-state index contributed by atoms with van der Waals surface area (Å²) in [5, 5.41) is 3.88. The second kappa shape index (κ2) is 6.35. The summed E-state index contributed by atoms with van der Waals surface area (Å²) < 4.78 is 0. The van der Waals surface area contributed by atoms with Crippen LogP contribution in [-0.2, 0) is 0 Å². The SMILES string of the molecule is Cc1ccc(C(=O)NC2CCSc3ccc(Cl)cc32)c(C)c1. The van der Waals surface area contributed by atoms with E-state index in [2.05, 4.69) is 5.32 Å². The van der Waals surface area contributed by atoms with Crippen molar-refractivity contribution in [1.82, 2.24) is 5.32 Å². The molecule has 1 atom stereocenters. The van der Waals surface area contributed by atoms with E-state index in [1.807, 2.05) is 62.0 Å². The smallest absolute Gasteiger partial charge is 0.252 e. The molecule has 0 aromatic heterocycles. The Morgan fingerprint density at radius 1 is 1.23 bits per heavy atom. The predicted octanol–water partition coefficient (Wildman–Crippen LogP) is 4.92. The van der Waals surface area contributed by atoms with Crippen molar-refractivity contribution in [1.29, 1.82) is 0 Å². The Hall–Kier alpha value is -1.45. The fourth-order valence-corrected chi connectivity index (χ4v) is 4.11. The molecule has 2 nitrogen and oxygen atoms in total. The summed E-state index contributed by atoms with van der Waals surface area (Å²) in [4.78, 5) is 13.8. The lowest BCUT2D eigenvalue weighted by Gasteiger charge is -2.26. The van der Waals surface area contributed by atoms with Crippen LogP contribution in [-0.4, -0.2) is 11.7 Å². The Bertz CT molecular complexity index is 729. The highest BCUT2D eigenvalue weighted by molar-refractivity contribution is 7.99. The first-order valence-electron chi connectivity index (χ1n) is 7.35. The van der Waals surface area contributed by atoms with Gasteiger partial charge < -0.3 is 5.32 Å². The molecule has 114 valence electrons. The molecule has 0 radical (unpaired) electrons. The number of benzene rings is 2. The monoisotopic (exact) mass is 331 g/mol. The molecule has 0 saturated carbocycles. The first kappa shape index (κ1) is 15.4. The van der Waals surface area contributed by atoms with Crippen molar-refractivity contribution in [2.45, 2.75) is 31.2 Å². The van der Waals surface area contributed by atoms with Crippen molar-refractivity contribution >= 4 is 29.3 Å². The number of carbonyl (C=O) groups excluding carboxylic acids is 1. The average Bonchev–Trinajstić information content (AvgIpc) is 2.47. The third-order valence-electron chi connectivity index (χ3n) is 3.94. The zero-order valence-corrected chi connectivity index (χ0v) is 14.2. The van der Waals surface area contributed by atoms with Gasteiger partial charge in [-0.2, -0.15) is 0 Å². The Morgan fingerprint density at radius 3 is 2.82 bits per heavy atom. The number of rotatable bonds is 2. The second-order valence-corrected chi connectivity index (χ2v) is 7.24. The largest absolute Gasteiger partial charge is 0.345 e. The van der Waals surface area contributed by atoms with E-state index in [0.717, 1.165) is 28.9 Å². The van der Waals surface area contributed by atoms with Gasteiger partial charge in [0.2, 0.25) is 0 Å². The molecule has 0 aliphatic carbocycles. The zero-order chi connectivity index (χ0) is 15.7. The van der Waals surface area contributed by atoms with E-state index in [1.54, 1.807) is 0 Å². The Morgan fingerprint density at radius 2 is 2.05 bits per heavy atom. The molecule has 2 aromatic rings. The van der Waals surface area contributed by atoms with Gasteiger partial charge in [-0.15, -0.1) is 11.8 Å². The number of amides is 1. The molecular weight excluding hydrogens is 314 g/mol. The molecule has 1 aliphatic rings. The highest BCUT2D eigenvalue weighted by atomic mass is 35.5. The molecule has 1 aliphatic heterocycles. The molecule has 22 heavy (non-hydrogen) atoms. The van der Waals surface area contributed by atoms with Crippen molar-refractivity contribution in [2.24, 2.45) is 0 Å². The minimum absolute atomic E-state index is 0.0136. The van der Waals surface area contributed by atoms with E-state index in [9.17, 15) is 4.79 Å². The summed E-state index contributed by atoms with van der Waals surface area (Å²) in [7, 11) is 0.